The Hall–Kier alpha value is 0.0700. The van der Waals surface area contributed by atoms with E-state index in [1.807, 2.05) is 0 Å². The zero-order valence-electron chi connectivity index (χ0n) is 9.51. The third-order valence-corrected chi connectivity index (χ3v) is 3.44. The molecule has 2 N–H and O–H groups in total. The monoisotopic (exact) mass is 221 g/mol. The van der Waals surface area contributed by atoms with Crippen molar-refractivity contribution in [3.05, 3.63) is 0 Å². The number of hydrogen-bond acceptors (Lipinski definition) is 3. The summed E-state index contributed by atoms with van der Waals surface area (Å²) in [7, 11) is -0.683. The van der Waals surface area contributed by atoms with Crippen LogP contribution in [0.1, 0.15) is 26.7 Å². The predicted octanol–water partition coefficient (Wildman–Crippen LogP) is 0.753. The SMILES string of the molecule is CCC(C)(CO)CNCCCS(C)=O. The molecule has 3 nitrogen and oxygen atoms in total. The van der Waals surface area contributed by atoms with Crippen molar-refractivity contribution < 1.29 is 9.32 Å². The molecule has 0 rings (SSSR count). The van der Waals surface area contributed by atoms with Crippen molar-refractivity contribution in [2.75, 3.05) is 31.7 Å². The highest BCUT2D eigenvalue weighted by molar-refractivity contribution is 7.84. The molecule has 0 bridgehead atoms. The summed E-state index contributed by atoms with van der Waals surface area (Å²) in [6, 6.07) is 0. The lowest BCUT2D eigenvalue weighted by atomic mass is 9.89. The van der Waals surface area contributed by atoms with Gasteiger partial charge in [-0.1, -0.05) is 13.8 Å². The highest BCUT2D eigenvalue weighted by Gasteiger charge is 2.19. The Balaban J connectivity index is 3.47. The highest BCUT2D eigenvalue weighted by atomic mass is 32.2. The fourth-order valence-electron chi connectivity index (χ4n) is 1.08. The summed E-state index contributed by atoms with van der Waals surface area (Å²) in [6.45, 7) is 6.08. The molecule has 2 unspecified atom stereocenters. The van der Waals surface area contributed by atoms with Crippen molar-refractivity contribution >= 4 is 10.8 Å². The molecule has 0 aromatic heterocycles. The molecule has 14 heavy (non-hydrogen) atoms. The molecule has 0 spiro atoms. The summed E-state index contributed by atoms with van der Waals surface area (Å²) < 4.78 is 10.8. The van der Waals surface area contributed by atoms with Crippen molar-refractivity contribution in [3.63, 3.8) is 0 Å². The lowest BCUT2D eigenvalue weighted by molar-refractivity contribution is 0.136. The molecule has 0 saturated carbocycles. The largest absolute Gasteiger partial charge is 0.396 e. The molecule has 0 aromatic rings. The molecule has 86 valence electrons. The van der Waals surface area contributed by atoms with Crippen LogP contribution >= 0.6 is 0 Å². The predicted molar refractivity (Wildman–Crippen MR) is 61.9 cm³/mol. The maximum Gasteiger partial charge on any atom is 0.0496 e. The van der Waals surface area contributed by atoms with Gasteiger partial charge in [0.25, 0.3) is 0 Å². The van der Waals surface area contributed by atoms with Gasteiger partial charge in [-0.25, -0.2) is 0 Å². The lowest BCUT2D eigenvalue weighted by Gasteiger charge is -2.25. The summed E-state index contributed by atoms with van der Waals surface area (Å²) in [4.78, 5) is 0. The minimum atomic E-state index is -0.683. The van der Waals surface area contributed by atoms with Gasteiger partial charge in [0.15, 0.2) is 0 Å². The van der Waals surface area contributed by atoms with Gasteiger partial charge in [0.05, 0.1) is 0 Å². The van der Waals surface area contributed by atoms with E-state index in [0.29, 0.717) is 0 Å². The number of hydrogen-bond donors (Lipinski definition) is 2. The molecule has 0 aliphatic heterocycles. The van der Waals surface area contributed by atoms with Gasteiger partial charge in [-0.05, 0) is 19.4 Å². The third-order valence-electron chi connectivity index (χ3n) is 2.57. The van der Waals surface area contributed by atoms with Crippen molar-refractivity contribution in [2.45, 2.75) is 26.7 Å². The Kier molecular flexibility index (Phi) is 7.41. The van der Waals surface area contributed by atoms with Gasteiger partial charge in [-0.15, -0.1) is 0 Å². The second-order valence-corrected chi connectivity index (χ2v) is 5.68. The molecule has 0 aliphatic carbocycles. The van der Waals surface area contributed by atoms with Gasteiger partial charge in [0.2, 0.25) is 0 Å². The van der Waals surface area contributed by atoms with E-state index >= 15 is 0 Å². The molecule has 4 heteroatoms. The van der Waals surface area contributed by atoms with E-state index in [9.17, 15) is 4.21 Å². The number of nitrogens with one attached hydrogen (secondary N) is 1. The van der Waals surface area contributed by atoms with Gasteiger partial charge < -0.3 is 10.4 Å². The smallest absolute Gasteiger partial charge is 0.0496 e. The van der Waals surface area contributed by atoms with Gasteiger partial charge in [0.1, 0.15) is 0 Å². The quantitative estimate of drug-likeness (QED) is 0.595. The summed E-state index contributed by atoms with van der Waals surface area (Å²) in [5.74, 6) is 0.759. The maximum atomic E-state index is 10.8. The number of aliphatic hydroxyl groups is 1. The molecule has 0 saturated heterocycles. The van der Waals surface area contributed by atoms with E-state index in [1.54, 1.807) is 6.26 Å². The van der Waals surface area contributed by atoms with E-state index in [1.165, 1.54) is 0 Å². The molecule has 2 atom stereocenters. The maximum absolute atomic E-state index is 10.8. The Morgan fingerprint density at radius 2 is 2.14 bits per heavy atom. The zero-order valence-corrected chi connectivity index (χ0v) is 10.3. The molecule has 0 radical (unpaired) electrons. The van der Waals surface area contributed by atoms with E-state index in [4.69, 9.17) is 5.11 Å². The van der Waals surface area contributed by atoms with Gasteiger partial charge in [-0.3, -0.25) is 4.21 Å². The molecule has 0 amide bonds. The topological polar surface area (TPSA) is 49.3 Å². The molecular formula is C10H23NO2S. The van der Waals surface area contributed by atoms with Crippen molar-refractivity contribution in [3.8, 4) is 0 Å². The minimum absolute atomic E-state index is 0.00857. The summed E-state index contributed by atoms with van der Waals surface area (Å²) in [6.07, 6.45) is 3.63. The first-order valence-electron chi connectivity index (χ1n) is 5.15. The van der Waals surface area contributed by atoms with E-state index in [0.717, 1.165) is 31.7 Å². The molecule has 0 aliphatic rings. The Bertz CT molecular complexity index is 170. The van der Waals surface area contributed by atoms with Gasteiger partial charge >= 0.3 is 0 Å². The van der Waals surface area contributed by atoms with Crippen LogP contribution in [0.25, 0.3) is 0 Å². The van der Waals surface area contributed by atoms with Crippen LogP contribution in [0, 0.1) is 5.41 Å². The normalized spacial score (nSPS) is 17.7. The van der Waals surface area contributed by atoms with Crippen molar-refractivity contribution in [1.29, 1.82) is 0 Å². The second kappa shape index (κ2) is 7.37. The van der Waals surface area contributed by atoms with Crippen LogP contribution in [-0.2, 0) is 10.8 Å². The van der Waals surface area contributed by atoms with E-state index in [2.05, 4.69) is 19.2 Å². The van der Waals surface area contributed by atoms with Crippen molar-refractivity contribution in [1.82, 2.24) is 5.32 Å². The van der Waals surface area contributed by atoms with Crippen molar-refractivity contribution in [2.24, 2.45) is 5.41 Å². The summed E-state index contributed by atoms with van der Waals surface area (Å²) >= 11 is 0. The standard InChI is InChI=1S/C10H23NO2S/c1-4-10(2,9-12)8-11-6-5-7-14(3)13/h11-12H,4-9H2,1-3H3. The Morgan fingerprint density at radius 3 is 2.57 bits per heavy atom. The number of aliphatic hydroxyl groups excluding tert-OH is 1. The molecule has 0 heterocycles. The average molecular weight is 221 g/mol. The lowest BCUT2D eigenvalue weighted by Crippen LogP contribution is -2.35. The van der Waals surface area contributed by atoms with E-state index in [-0.39, 0.29) is 12.0 Å². The first-order valence-corrected chi connectivity index (χ1v) is 6.88. The first-order chi connectivity index (χ1) is 6.54. The van der Waals surface area contributed by atoms with Crippen LogP contribution in [0.2, 0.25) is 0 Å². The first kappa shape index (κ1) is 14.1. The van der Waals surface area contributed by atoms with Gasteiger partial charge in [0, 0.05) is 41.4 Å². The second-order valence-electron chi connectivity index (χ2n) is 4.13. The number of rotatable bonds is 8. The molecule has 0 aromatic carbocycles. The third kappa shape index (κ3) is 6.51. The fraction of sp³-hybridized carbons (Fsp3) is 1.00. The van der Waals surface area contributed by atoms with Crippen LogP contribution in [0.4, 0.5) is 0 Å². The van der Waals surface area contributed by atoms with E-state index < -0.39 is 10.8 Å². The van der Waals surface area contributed by atoms with Crippen LogP contribution in [-0.4, -0.2) is 41.0 Å². The van der Waals surface area contributed by atoms with Crippen LogP contribution < -0.4 is 5.32 Å². The Labute approximate surface area is 89.7 Å². The zero-order chi connectivity index (χ0) is 11.0. The van der Waals surface area contributed by atoms with Crippen LogP contribution in [0.3, 0.4) is 0 Å². The fourth-order valence-corrected chi connectivity index (χ4v) is 1.63. The molecule has 0 fully saturated rings. The van der Waals surface area contributed by atoms with Gasteiger partial charge in [-0.2, -0.15) is 0 Å². The summed E-state index contributed by atoms with van der Waals surface area (Å²) in [5, 5.41) is 12.4. The highest BCUT2D eigenvalue weighted by Crippen LogP contribution is 2.17. The van der Waals surface area contributed by atoms with Crippen LogP contribution in [0.5, 0.6) is 0 Å². The molecular weight excluding hydrogens is 198 g/mol. The Morgan fingerprint density at radius 1 is 1.50 bits per heavy atom. The summed E-state index contributed by atoms with van der Waals surface area (Å²) in [5.41, 5.74) is -0.00857. The van der Waals surface area contributed by atoms with Crippen LogP contribution in [0.15, 0.2) is 0 Å². The minimum Gasteiger partial charge on any atom is -0.396 e. The average Bonchev–Trinajstić information content (AvgIpc) is 2.16.